The summed E-state index contributed by atoms with van der Waals surface area (Å²) >= 11 is 0. The largest absolute Gasteiger partial charge is 0.481 e. The second-order valence-corrected chi connectivity index (χ2v) is 6.17. The zero-order chi connectivity index (χ0) is 17.6. The number of carbonyl (C=O) groups excluding carboxylic acids is 1. The molecule has 2 amide bonds. The van der Waals surface area contributed by atoms with E-state index in [1.807, 2.05) is 47.3 Å². The van der Waals surface area contributed by atoms with Crippen LogP contribution in [-0.4, -0.2) is 51.4 Å². The van der Waals surface area contributed by atoms with Gasteiger partial charge in [0.2, 0.25) is 0 Å². The van der Waals surface area contributed by atoms with Crippen LogP contribution in [0, 0.1) is 5.92 Å². The highest BCUT2D eigenvalue weighted by Gasteiger charge is 2.26. The molecule has 0 unspecified atom stereocenters. The molecule has 0 atom stereocenters. The molecule has 25 heavy (non-hydrogen) atoms. The van der Waals surface area contributed by atoms with Gasteiger partial charge in [-0.05, 0) is 31.0 Å². The molecule has 0 bridgehead atoms. The summed E-state index contributed by atoms with van der Waals surface area (Å²) in [5, 5.41) is 16.4. The standard InChI is InChI=1S/C18H22N4O3/c23-17(24)14-7-11-21(12-8-14)18(25)19-10-6-15-9-13-22(20-15)16-4-2-1-3-5-16/h1-5,9,13-14H,6-8,10-12H2,(H,19,25)(H,23,24). The topological polar surface area (TPSA) is 87.5 Å². The number of hydrogen-bond acceptors (Lipinski definition) is 3. The lowest BCUT2D eigenvalue weighted by Gasteiger charge is -2.30. The molecule has 0 spiro atoms. The second kappa shape index (κ2) is 7.83. The van der Waals surface area contributed by atoms with Crippen molar-refractivity contribution in [3.05, 3.63) is 48.3 Å². The predicted octanol–water partition coefficient (Wildman–Crippen LogP) is 1.92. The van der Waals surface area contributed by atoms with Crippen molar-refractivity contribution < 1.29 is 14.7 Å². The Hall–Kier alpha value is -2.83. The van der Waals surface area contributed by atoms with Gasteiger partial charge in [-0.15, -0.1) is 0 Å². The first-order chi connectivity index (χ1) is 12.1. The maximum absolute atomic E-state index is 12.1. The second-order valence-electron chi connectivity index (χ2n) is 6.17. The van der Waals surface area contributed by atoms with E-state index in [1.165, 1.54) is 0 Å². The lowest BCUT2D eigenvalue weighted by Crippen LogP contribution is -2.45. The van der Waals surface area contributed by atoms with Crippen molar-refractivity contribution in [2.75, 3.05) is 19.6 Å². The normalized spacial score (nSPS) is 15.1. The molecule has 0 radical (unpaired) electrons. The van der Waals surface area contributed by atoms with Crippen molar-refractivity contribution in [1.82, 2.24) is 20.0 Å². The van der Waals surface area contributed by atoms with E-state index >= 15 is 0 Å². The van der Waals surface area contributed by atoms with Gasteiger partial charge in [-0.3, -0.25) is 4.79 Å². The van der Waals surface area contributed by atoms with Gasteiger partial charge in [0.15, 0.2) is 0 Å². The van der Waals surface area contributed by atoms with Gasteiger partial charge in [0.1, 0.15) is 0 Å². The summed E-state index contributed by atoms with van der Waals surface area (Å²) in [7, 11) is 0. The number of nitrogens with one attached hydrogen (secondary N) is 1. The van der Waals surface area contributed by atoms with Crippen LogP contribution in [0.5, 0.6) is 0 Å². The molecule has 0 saturated carbocycles. The zero-order valence-corrected chi connectivity index (χ0v) is 14.0. The van der Waals surface area contributed by atoms with Crippen LogP contribution >= 0.6 is 0 Å². The summed E-state index contributed by atoms with van der Waals surface area (Å²) in [6, 6.07) is 11.7. The van der Waals surface area contributed by atoms with Crippen molar-refractivity contribution in [2.45, 2.75) is 19.3 Å². The Labute approximate surface area is 146 Å². The van der Waals surface area contributed by atoms with Crippen molar-refractivity contribution in [3.63, 3.8) is 0 Å². The fourth-order valence-electron chi connectivity index (χ4n) is 2.96. The summed E-state index contributed by atoms with van der Waals surface area (Å²) in [5.41, 5.74) is 1.91. The quantitative estimate of drug-likeness (QED) is 0.869. The van der Waals surface area contributed by atoms with Crippen LogP contribution in [0.2, 0.25) is 0 Å². The van der Waals surface area contributed by atoms with Gasteiger partial charge in [-0.25, -0.2) is 9.48 Å². The van der Waals surface area contributed by atoms with Crippen molar-refractivity contribution >= 4 is 12.0 Å². The van der Waals surface area contributed by atoms with E-state index in [9.17, 15) is 9.59 Å². The summed E-state index contributed by atoms with van der Waals surface area (Å²) in [6.07, 6.45) is 3.59. The van der Waals surface area contributed by atoms with Gasteiger partial charge in [0.05, 0.1) is 17.3 Å². The summed E-state index contributed by atoms with van der Waals surface area (Å²) in [6.45, 7) is 1.49. The van der Waals surface area contributed by atoms with E-state index in [-0.39, 0.29) is 11.9 Å². The van der Waals surface area contributed by atoms with Gasteiger partial charge in [0.25, 0.3) is 0 Å². The Morgan fingerprint density at radius 2 is 1.88 bits per heavy atom. The number of carboxylic acids is 1. The van der Waals surface area contributed by atoms with Crippen molar-refractivity contribution in [2.24, 2.45) is 5.92 Å². The van der Waals surface area contributed by atoms with E-state index in [1.54, 1.807) is 4.90 Å². The van der Waals surface area contributed by atoms with Gasteiger partial charge in [-0.2, -0.15) is 5.10 Å². The Kier molecular flexibility index (Phi) is 5.33. The highest BCUT2D eigenvalue weighted by molar-refractivity contribution is 5.75. The Morgan fingerprint density at radius 3 is 2.56 bits per heavy atom. The minimum absolute atomic E-state index is 0.133. The molecule has 7 nitrogen and oxygen atoms in total. The van der Waals surface area contributed by atoms with Gasteiger partial charge in [-0.1, -0.05) is 18.2 Å². The third-order valence-corrected chi connectivity index (χ3v) is 4.45. The summed E-state index contributed by atoms with van der Waals surface area (Å²) in [5.74, 6) is -1.10. The number of rotatable bonds is 5. The fourth-order valence-corrected chi connectivity index (χ4v) is 2.96. The molecule has 1 aromatic carbocycles. The maximum atomic E-state index is 12.1. The number of carbonyl (C=O) groups is 2. The molecule has 1 aliphatic heterocycles. The number of hydrogen-bond donors (Lipinski definition) is 2. The number of benzene rings is 1. The number of amides is 2. The van der Waals surface area contributed by atoms with E-state index in [0.29, 0.717) is 38.9 Å². The first kappa shape index (κ1) is 17.0. The molecule has 1 fully saturated rings. The first-order valence-electron chi connectivity index (χ1n) is 8.49. The van der Waals surface area contributed by atoms with Crippen LogP contribution in [0.3, 0.4) is 0 Å². The number of urea groups is 1. The molecule has 1 aliphatic rings. The van der Waals surface area contributed by atoms with Crippen LogP contribution in [0.15, 0.2) is 42.6 Å². The highest BCUT2D eigenvalue weighted by atomic mass is 16.4. The Balaban J connectivity index is 1.43. The lowest BCUT2D eigenvalue weighted by atomic mass is 9.97. The van der Waals surface area contributed by atoms with Crippen LogP contribution < -0.4 is 5.32 Å². The highest BCUT2D eigenvalue weighted by Crippen LogP contribution is 2.17. The number of nitrogens with zero attached hydrogens (tertiary/aromatic N) is 3. The molecule has 7 heteroatoms. The van der Waals surface area contributed by atoms with Crippen molar-refractivity contribution in [1.29, 1.82) is 0 Å². The Morgan fingerprint density at radius 1 is 1.16 bits per heavy atom. The maximum Gasteiger partial charge on any atom is 0.317 e. The van der Waals surface area contributed by atoms with Gasteiger partial charge >= 0.3 is 12.0 Å². The average Bonchev–Trinajstić information content (AvgIpc) is 3.11. The van der Waals surface area contributed by atoms with E-state index < -0.39 is 5.97 Å². The number of piperidine rings is 1. The van der Waals surface area contributed by atoms with Crippen molar-refractivity contribution in [3.8, 4) is 5.69 Å². The van der Waals surface area contributed by atoms with Crippen LogP contribution in [0.1, 0.15) is 18.5 Å². The predicted molar refractivity (Wildman–Crippen MR) is 92.6 cm³/mol. The minimum atomic E-state index is -0.769. The molecule has 3 rings (SSSR count). The third-order valence-electron chi connectivity index (χ3n) is 4.45. The number of para-hydroxylation sites is 1. The monoisotopic (exact) mass is 342 g/mol. The molecular weight excluding hydrogens is 320 g/mol. The number of aliphatic carboxylic acids is 1. The number of aromatic nitrogens is 2. The molecule has 0 aliphatic carbocycles. The number of likely N-dealkylation sites (tertiary alicyclic amines) is 1. The molecule has 132 valence electrons. The van der Waals surface area contributed by atoms with Crippen LogP contribution in [0.4, 0.5) is 4.79 Å². The van der Waals surface area contributed by atoms with Gasteiger partial charge in [0, 0.05) is 32.3 Å². The van der Waals surface area contributed by atoms with Gasteiger partial charge < -0.3 is 15.3 Å². The van der Waals surface area contributed by atoms with E-state index in [4.69, 9.17) is 5.11 Å². The molecular formula is C18H22N4O3. The van der Waals surface area contributed by atoms with E-state index in [2.05, 4.69) is 10.4 Å². The van der Waals surface area contributed by atoms with Crippen LogP contribution in [-0.2, 0) is 11.2 Å². The molecule has 1 aromatic heterocycles. The molecule has 2 heterocycles. The summed E-state index contributed by atoms with van der Waals surface area (Å²) < 4.78 is 1.81. The SMILES string of the molecule is O=C(O)C1CCN(C(=O)NCCc2ccn(-c3ccccc3)n2)CC1. The summed E-state index contributed by atoms with van der Waals surface area (Å²) in [4.78, 5) is 24.8. The molecule has 2 N–H and O–H groups in total. The van der Waals surface area contributed by atoms with Crippen LogP contribution in [0.25, 0.3) is 5.69 Å². The lowest BCUT2D eigenvalue weighted by molar-refractivity contribution is -0.143. The molecule has 2 aromatic rings. The third kappa shape index (κ3) is 4.37. The zero-order valence-electron chi connectivity index (χ0n) is 14.0. The average molecular weight is 342 g/mol. The minimum Gasteiger partial charge on any atom is -0.481 e. The smallest absolute Gasteiger partial charge is 0.317 e. The fraction of sp³-hybridized carbons (Fsp3) is 0.389. The Bertz CT molecular complexity index is 721. The van der Waals surface area contributed by atoms with E-state index in [0.717, 1.165) is 11.4 Å². The number of carboxylic acid groups (broad SMARTS) is 1. The molecule has 1 saturated heterocycles. The first-order valence-corrected chi connectivity index (χ1v) is 8.49.